The van der Waals surface area contributed by atoms with Crippen LogP contribution in [0.3, 0.4) is 0 Å². The highest BCUT2D eigenvalue weighted by atomic mass is 16.7. The summed E-state index contributed by atoms with van der Waals surface area (Å²) in [5.74, 6) is -1.02. The van der Waals surface area contributed by atoms with E-state index in [4.69, 9.17) is 9.47 Å². The molecule has 22 heavy (non-hydrogen) atoms. The van der Waals surface area contributed by atoms with E-state index in [1.54, 1.807) is 12.1 Å². The fourth-order valence-electron chi connectivity index (χ4n) is 2.53. The fraction of sp³-hybridized carbons (Fsp3) is 0.333. The second kappa shape index (κ2) is 7.29. The van der Waals surface area contributed by atoms with Crippen LogP contribution in [0.5, 0.6) is 5.75 Å². The van der Waals surface area contributed by atoms with Crippen LogP contribution in [0.2, 0.25) is 0 Å². The molecule has 0 atom stereocenters. The lowest BCUT2D eigenvalue weighted by Crippen LogP contribution is -2.49. The molecule has 0 aliphatic carbocycles. The molecular weight excluding hydrogens is 278 g/mol. The van der Waals surface area contributed by atoms with Crippen LogP contribution in [-0.4, -0.2) is 25.4 Å². The zero-order valence-electron chi connectivity index (χ0n) is 13.3. The monoisotopic (exact) mass is 301 g/mol. The van der Waals surface area contributed by atoms with Crippen molar-refractivity contribution in [1.82, 2.24) is 0 Å². The summed E-state index contributed by atoms with van der Waals surface area (Å²) in [6, 6.07) is 16.9. The van der Waals surface area contributed by atoms with E-state index in [-0.39, 0.29) is 5.75 Å². The number of ether oxygens (including phenoxy) is 2. The van der Waals surface area contributed by atoms with Crippen LogP contribution >= 0.6 is 0 Å². The molecule has 4 nitrogen and oxygen atoms in total. The normalized spacial score (nSPS) is 11.4. The Morgan fingerprint density at radius 3 is 2.00 bits per heavy atom. The van der Waals surface area contributed by atoms with E-state index in [9.17, 15) is 5.11 Å². The Hall–Kier alpha value is -2.04. The molecule has 0 fully saturated rings. The molecule has 0 heterocycles. The maximum Gasteiger partial charge on any atom is 0.283 e. The lowest BCUT2D eigenvalue weighted by molar-refractivity contribution is -0.241. The summed E-state index contributed by atoms with van der Waals surface area (Å²) in [5.41, 5.74) is 1.53. The van der Waals surface area contributed by atoms with Gasteiger partial charge in [-0.2, -0.15) is 0 Å². The van der Waals surface area contributed by atoms with E-state index >= 15 is 0 Å². The van der Waals surface area contributed by atoms with Crippen molar-refractivity contribution in [1.29, 1.82) is 0 Å². The maximum absolute atomic E-state index is 10.3. The number of phenols is 1. The van der Waals surface area contributed by atoms with Crippen LogP contribution in [0.25, 0.3) is 0 Å². The summed E-state index contributed by atoms with van der Waals surface area (Å²) in [4.78, 5) is 1.90. The van der Waals surface area contributed by atoms with Crippen molar-refractivity contribution in [2.24, 2.45) is 0 Å². The van der Waals surface area contributed by atoms with Crippen LogP contribution in [0, 0.1) is 0 Å². The summed E-state index contributed by atoms with van der Waals surface area (Å²) >= 11 is 0. The number of hydrogen-bond acceptors (Lipinski definition) is 4. The number of para-hydroxylation sites is 2. The highest BCUT2D eigenvalue weighted by Gasteiger charge is 2.41. The van der Waals surface area contributed by atoms with Gasteiger partial charge < -0.3 is 19.5 Å². The molecule has 0 saturated carbocycles. The first-order valence-corrected chi connectivity index (χ1v) is 7.51. The van der Waals surface area contributed by atoms with Crippen LogP contribution < -0.4 is 4.90 Å². The van der Waals surface area contributed by atoms with E-state index in [0.29, 0.717) is 18.8 Å². The SMILES string of the molecule is CCOC(OCC)(c1ccccc1O)N(C)c1ccccc1. The number of anilines is 1. The highest BCUT2D eigenvalue weighted by Crippen LogP contribution is 2.38. The Morgan fingerprint density at radius 2 is 1.45 bits per heavy atom. The standard InChI is InChI=1S/C18H23NO3/c1-4-21-18(22-5-2,16-13-9-10-14-17(16)20)19(3)15-11-7-6-8-12-15/h6-14,20H,4-5H2,1-3H3. The van der Waals surface area contributed by atoms with Gasteiger partial charge in [-0.05, 0) is 38.1 Å². The van der Waals surface area contributed by atoms with Crippen molar-refractivity contribution in [3.63, 3.8) is 0 Å². The summed E-state index contributed by atoms with van der Waals surface area (Å²) in [6.07, 6.45) is 0. The lowest BCUT2D eigenvalue weighted by atomic mass is 10.1. The first-order chi connectivity index (χ1) is 10.7. The van der Waals surface area contributed by atoms with Crippen molar-refractivity contribution in [2.75, 3.05) is 25.2 Å². The molecular formula is C18H23NO3. The third-order valence-electron chi connectivity index (χ3n) is 3.51. The minimum atomic E-state index is -1.17. The number of benzene rings is 2. The zero-order valence-corrected chi connectivity index (χ0v) is 13.3. The summed E-state index contributed by atoms with van der Waals surface area (Å²) in [6.45, 7) is 4.72. The topological polar surface area (TPSA) is 41.9 Å². The second-order valence-corrected chi connectivity index (χ2v) is 4.86. The van der Waals surface area contributed by atoms with Gasteiger partial charge in [-0.15, -0.1) is 0 Å². The molecule has 2 aromatic rings. The van der Waals surface area contributed by atoms with Crippen LogP contribution in [0.1, 0.15) is 19.4 Å². The smallest absolute Gasteiger partial charge is 0.283 e. The third kappa shape index (κ3) is 3.08. The lowest BCUT2D eigenvalue weighted by Gasteiger charge is -2.42. The van der Waals surface area contributed by atoms with E-state index in [1.165, 1.54) is 0 Å². The molecule has 0 bridgehead atoms. The Labute approximate surface area is 131 Å². The van der Waals surface area contributed by atoms with Gasteiger partial charge in [-0.25, -0.2) is 0 Å². The van der Waals surface area contributed by atoms with E-state index in [0.717, 1.165) is 5.69 Å². The fourth-order valence-corrected chi connectivity index (χ4v) is 2.53. The molecule has 4 heteroatoms. The van der Waals surface area contributed by atoms with Crippen molar-refractivity contribution in [3.8, 4) is 5.75 Å². The van der Waals surface area contributed by atoms with E-state index in [1.807, 2.05) is 68.3 Å². The van der Waals surface area contributed by atoms with Gasteiger partial charge >= 0.3 is 0 Å². The molecule has 2 aromatic carbocycles. The van der Waals surface area contributed by atoms with Crippen molar-refractivity contribution in [2.45, 2.75) is 19.8 Å². The zero-order chi connectivity index (χ0) is 16.0. The number of hydrogen-bond donors (Lipinski definition) is 1. The van der Waals surface area contributed by atoms with Crippen LogP contribution in [0.4, 0.5) is 5.69 Å². The van der Waals surface area contributed by atoms with Gasteiger partial charge in [0.15, 0.2) is 0 Å². The number of nitrogens with zero attached hydrogens (tertiary/aromatic N) is 1. The molecule has 0 amide bonds. The number of phenolic OH excluding ortho intramolecular Hbond substituents is 1. The first-order valence-electron chi connectivity index (χ1n) is 7.51. The molecule has 2 rings (SSSR count). The molecule has 118 valence electrons. The molecule has 0 saturated heterocycles. The van der Waals surface area contributed by atoms with E-state index in [2.05, 4.69) is 0 Å². The molecule has 1 N–H and O–H groups in total. The number of aromatic hydroxyl groups is 1. The Balaban J connectivity index is 2.56. The van der Waals surface area contributed by atoms with Gasteiger partial charge in [0, 0.05) is 25.9 Å². The predicted octanol–water partition coefficient (Wildman–Crippen LogP) is 3.71. The largest absolute Gasteiger partial charge is 0.507 e. The quantitative estimate of drug-likeness (QED) is 0.792. The summed E-state index contributed by atoms with van der Waals surface area (Å²) in [5, 5.41) is 10.3. The maximum atomic E-state index is 10.3. The van der Waals surface area contributed by atoms with Gasteiger partial charge in [-0.3, -0.25) is 0 Å². The van der Waals surface area contributed by atoms with Gasteiger partial charge in [-0.1, -0.05) is 30.3 Å². The van der Waals surface area contributed by atoms with Crippen LogP contribution in [0.15, 0.2) is 54.6 Å². The second-order valence-electron chi connectivity index (χ2n) is 4.86. The number of rotatable bonds is 7. The van der Waals surface area contributed by atoms with Crippen molar-refractivity contribution in [3.05, 3.63) is 60.2 Å². The van der Waals surface area contributed by atoms with Crippen molar-refractivity contribution < 1.29 is 14.6 Å². The molecule has 0 aliphatic rings. The Bertz CT molecular complexity index is 580. The predicted molar refractivity (Wildman–Crippen MR) is 87.9 cm³/mol. The summed E-state index contributed by atoms with van der Waals surface area (Å²) in [7, 11) is 1.90. The van der Waals surface area contributed by atoms with Crippen molar-refractivity contribution >= 4 is 5.69 Å². The molecule has 0 spiro atoms. The third-order valence-corrected chi connectivity index (χ3v) is 3.51. The van der Waals surface area contributed by atoms with Gasteiger partial charge in [0.1, 0.15) is 5.75 Å². The Kier molecular flexibility index (Phi) is 5.41. The van der Waals surface area contributed by atoms with Crippen LogP contribution in [-0.2, 0) is 15.4 Å². The highest BCUT2D eigenvalue weighted by molar-refractivity contribution is 5.50. The van der Waals surface area contributed by atoms with Gasteiger partial charge in [0.05, 0.1) is 5.56 Å². The molecule has 0 unspecified atom stereocenters. The van der Waals surface area contributed by atoms with E-state index < -0.39 is 5.91 Å². The molecule has 0 radical (unpaired) electrons. The Morgan fingerprint density at radius 1 is 0.909 bits per heavy atom. The molecule has 0 aromatic heterocycles. The summed E-state index contributed by atoms with van der Waals surface area (Å²) < 4.78 is 12.0. The van der Waals surface area contributed by atoms with Gasteiger partial charge in [0.2, 0.25) is 0 Å². The van der Waals surface area contributed by atoms with Gasteiger partial charge in [0.25, 0.3) is 5.91 Å². The minimum absolute atomic E-state index is 0.146. The average molecular weight is 301 g/mol. The minimum Gasteiger partial charge on any atom is -0.507 e. The first kappa shape index (κ1) is 16.3. The molecule has 0 aliphatic heterocycles. The average Bonchev–Trinajstić information content (AvgIpc) is 2.55.